The lowest BCUT2D eigenvalue weighted by molar-refractivity contribution is 0.378. The SMILES string of the molecule is CC(C)(C)CCNS(=O)(=O)c1sccc1Br. The van der Waals surface area contributed by atoms with Crippen molar-refractivity contribution < 1.29 is 8.42 Å². The molecule has 0 aliphatic carbocycles. The van der Waals surface area contributed by atoms with E-state index in [2.05, 4.69) is 41.4 Å². The lowest BCUT2D eigenvalue weighted by Crippen LogP contribution is -2.27. The van der Waals surface area contributed by atoms with Gasteiger partial charge in [-0.2, -0.15) is 0 Å². The summed E-state index contributed by atoms with van der Waals surface area (Å²) >= 11 is 4.44. The minimum atomic E-state index is -3.35. The monoisotopic (exact) mass is 325 g/mol. The zero-order valence-corrected chi connectivity index (χ0v) is 12.8. The largest absolute Gasteiger partial charge is 0.251 e. The molecule has 1 rings (SSSR count). The lowest BCUT2D eigenvalue weighted by Gasteiger charge is -2.17. The van der Waals surface area contributed by atoms with Crippen LogP contribution in [0.4, 0.5) is 0 Å². The minimum Gasteiger partial charge on any atom is -0.210 e. The second-order valence-corrected chi connectivity index (χ2v) is 8.50. The summed E-state index contributed by atoms with van der Waals surface area (Å²) in [5, 5.41) is 1.75. The fraction of sp³-hybridized carbons (Fsp3) is 0.600. The molecule has 3 nitrogen and oxygen atoms in total. The molecular formula is C10H16BrNO2S2. The molecule has 6 heteroatoms. The van der Waals surface area contributed by atoms with Crippen LogP contribution in [0.1, 0.15) is 27.2 Å². The molecule has 0 aromatic carbocycles. The molecular weight excluding hydrogens is 310 g/mol. The molecule has 0 radical (unpaired) electrons. The molecule has 0 spiro atoms. The summed E-state index contributed by atoms with van der Waals surface area (Å²) in [6.45, 7) is 6.73. The maximum Gasteiger partial charge on any atom is 0.251 e. The predicted molar refractivity (Wildman–Crippen MR) is 71.3 cm³/mol. The van der Waals surface area contributed by atoms with Gasteiger partial charge in [0.2, 0.25) is 0 Å². The summed E-state index contributed by atoms with van der Waals surface area (Å²) in [5.41, 5.74) is 0.134. The van der Waals surface area contributed by atoms with Gasteiger partial charge in [0.1, 0.15) is 4.21 Å². The van der Waals surface area contributed by atoms with Crippen molar-refractivity contribution in [2.24, 2.45) is 5.41 Å². The topological polar surface area (TPSA) is 46.2 Å². The van der Waals surface area contributed by atoms with Gasteiger partial charge in [0, 0.05) is 11.0 Å². The molecule has 0 aliphatic rings. The first-order valence-electron chi connectivity index (χ1n) is 4.95. The van der Waals surface area contributed by atoms with Gasteiger partial charge in [0.05, 0.1) is 0 Å². The number of thiophene rings is 1. The first-order chi connectivity index (χ1) is 7.22. The average Bonchev–Trinajstić information content (AvgIpc) is 2.48. The van der Waals surface area contributed by atoms with Crippen molar-refractivity contribution in [3.63, 3.8) is 0 Å². The fourth-order valence-corrected chi connectivity index (χ4v) is 4.51. The van der Waals surface area contributed by atoms with E-state index in [1.165, 1.54) is 11.3 Å². The molecule has 0 amide bonds. The molecule has 1 aromatic heterocycles. The van der Waals surface area contributed by atoms with Crippen molar-refractivity contribution in [2.45, 2.75) is 31.4 Å². The molecule has 0 unspecified atom stereocenters. The summed E-state index contributed by atoms with van der Waals surface area (Å²) in [6.07, 6.45) is 0.815. The van der Waals surface area contributed by atoms with E-state index in [4.69, 9.17) is 0 Å². The molecule has 0 atom stereocenters. The number of halogens is 1. The molecule has 0 bridgehead atoms. The number of nitrogens with one attached hydrogen (secondary N) is 1. The third kappa shape index (κ3) is 4.16. The fourth-order valence-electron chi connectivity index (χ4n) is 1.10. The average molecular weight is 326 g/mol. The molecule has 92 valence electrons. The molecule has 1 N–H and O–H groups in total. The number of sulfonamides is 1. The molecule has 0 saturated heterocycles. The van der Waals surface area contributed by atoms with E-state index in [1.54, 1.807) is 11.4 Å². The maximum absolute atomic E-state index is 11.9. The normalized spacial score (nSPS) is 13.0. The Kier molecular flexibility index (Phi) is 4.57. The van der Waals surface area contributed by atoms with E-state index in [1.807, 2.05) is 0 Å². The Labute approximate surface area is 109 Å². The van der Waals surface area contributed by atoms with Crippen molar-refractivity contribution in [2.75, 3.05) is 6.54 Å². The van der Waals surface area contributed by atoms with Crippen LogP contribution in [0.5, 0.6) is 0 Å². The van der Waals surface area contributed by atoms with Gasteiger partial charge in [-0.25, -0.2) is 13.1 Å². The summed E-state index contributed by atoms with van der Waals surface area (Å²) < 4.78 is 27.3. The Bertz CT molecular complexity index is 446. The quantitative estimate of drug-likeness (QED) is 0.923. The zero-order chi connectivity index (χ0) is 12.4. The maximum atomic E-state index is 11.9. The number of hydrogen-bond donors (Lipinski definition) is 1. The van der Waals surface area contributed by atoms with Gasteiger partial charge in [-0.15, -0.1) is 11.3 Å². The highest BCUT2D eigenvalue weighted by Crippen LogP contribution is 2.27. The molecule has 0 aliphatic heterocycles. The van der Waals surface area contributed by atoms with Crippen LogP contribution in [-0.4, -0.2) is 15.0 Å². The summed E-state index contributed by atoms with van der Waals surface area (Å²) in [6, 6.07) is 1.74. The van der Waals surface area contributed by atoms with E-state index in [0.29, 0.717) is 15.2 Å². The van der Waals surface area contributed by atoms with Crippen LogP contribution in [0.3, 0.4) is 0 Å². The van der Waals surface area contributed by atoms with Crippen molar-refractivity contribution >= 4 is 37.3 Å². The van der Waals surface area contributed by atoms with Crippen molar-refractivity contribution in [1.29, 1.82) is 0 Å². The first-order valence-corrected chi connectivity index (χ1v) is 8.11. The summed E-state index contributed by atoms with van der Waals surface area (Å²) in [4.78, 5) is 0. The summed E-state index contributed by atoms with van der Waals surface area (Å²) in [7, 11) is -3.35. The van der Waals surface area contributed by atoms with Crippen LogP contribution < -0.4 is 4.72 Å². The van der Waals surface area contributed by atoms with Gasteiger partial charge in [-0.3, -0.25) is 0 Å². The van der Waals surface area contributed by atoms with Gasteiger partial charge in [-0.1, -0.05) is 20.8 Å². The van der Waals surface area contributed by atoms with E-state index < -0.39 is 10.0 Å². The standard InChI is InChI=1S/C10H16BrNO2S2/c1-10(2,3)5-6-12-16(13,14)9-8(11)4-7-15-9/h4,7,12H,5-6H2,1-3H3. The Morgan fingerprint density at radius 2 is 2.06 bits per heavy atom. The van der Waals surface area contributed by atoms with Crippen LogP contribution in [0.2, 0.25) is 0 Å². The van der Waals surface area contributed by atoms with Crippen LogP contribution in [0.15, 0.2) is 20.1 Å². The Morgan fingerprint density at radius 1 is 1.44 bits per heavy atom. The summed E-state index contributed by atoms with van der Waals surface area (Å²) in [5.74, 6) is 0. The smallest absolute Gasteiger partial charge is 0.210 e. The van der Waals surface area contributed by atoms with Gasteiger partial charge < -0.3 is 0 Å². The van der Waals surface area contributed by atoms with Crippen molar-refractivity contribution in [3.05, 3.63) is 15.9 Å². The van der Waals surface area contributed by atoms with Crippen LogP contribution >= 0.6 is 27.3 Å². The lowest BCUT2D eigenvalue weighted by atomic mass is 9.93. The first kappa shape index (κ1) is 14.2. The second-order valence-electron chi connectivity index (χ2n) is 4.76. The van der Waals surface area contributed by atoms with Crippen LogP contribution in [-0.2, 0) is 10.0 Å². The van der Waals surface area contributed by atoms with Crippen molar-refractivity contribution in [1.82, 2.24) is 4.72 Å². The van der Waals surface area contributed by atoms with Crippen LogP contribution in [0, 0.1) is 5.41 Å². The third-order valence-corrected chi connectivity index (χ3v) is 6.13. The predicted octanol–water partition coefficient (Wildman–Crippen LogP) is 3.23. The number of rotatable bonds is 4. The molecule has 1 heterocycles. The van der Waals surface area contributed by atoms with E-state index in [-0.39, 0.29) is 5.41 Å². The van der Waals surface area contributed by atoms with Crippen LogP contribution in [0.25, 0.3) is 0 Å². The third-order valence-electron chi connectivity index (χ3n) is 2.00. The highest BCUT2D eigenvalue weighted by molar-refractivity contribution is 9.10. The Hall–Kier alpha value is 0.0900. The van der Waals surface area contributed by atoms with E-state index in [0.717, 1.165) is 6.42 Å². The highest BCUT2D eigenvalue weighted by Gasteiger charge is 2.19. The van der Waals surface area contributed by atoms with Gasteiger partial charge in [-0.05, 0) is 39.2 Å². The molecule has 0 saturated carbocycles. The Balaban J connectivity index is 2.64. The van der Waals surface area contributed by atoms with Crippen molar-refractivity contribution in [3.8, 4) is 0 Å². The second kappa shape index (κ2) is 5.16. The highest BCUT2D eigenvalue weighted by atomic mass is 79.9. The van der Waals surface area contributed by atoms with Gasteiger partial charge in [0.25, 0.3) is 10.0 Å². The zero-order valence-electron chi connectivity index (χ0n) is 9.58. The minimum absolute atomic E-state index is 0.134. The molecule has 1 aromatic rings. The van der Waals surface area contributed by atoms with E-state index >= 15 is 0 Å². The van der Waals surface area contributed by atoms with Gasteiger partial charge >= 0.3 is 0 Å². The molecule has 16 heavy (non-hydrogen) atoms. The Morgan fingerprint density at radius 3 is 2.50 bits per heavy atom. The molecule has 0 fully saturated rings. The number of hydrogen-bond acceptors (Lipinski definition) is 3. The van der Waals surface area contributed by atoms with Gasteiger partial charge in [0.15, 0.2) is 0 Å². The van der Waals surface area contributed by atoms with E-state index in [9.17, 15) is 8.42 Å².